The first-order valence-electron chi connectivity index (χ1n) is 9.87. The van der Waals surface area contributed by atoms with Gasteiger partial charge in [-0.2, -0.15) is 5.26 Å². The summed E-state index contributed by atoms with van der Waals surface area (Å²) in [6, 6.07) is 16.1. The minimum absolute atomic E-state index is 0.0493. The normalized spacial score (nSPS) is 15.8. The van der Waals surface area contributed by atoms with Gasteiger partial charge in [0.25, 0.3) is 5.69 Å². The van der Waals surface area contributed by atoms with Crippen LogP contribution in [-0.2, 0) is 11.3 Å². The van der Waals surface area contributed by atoms with Crippen molar-refractivity contribution in [3.8, 4) is 6.07 Å². The van der Waals surface area contributed by atoms with Crippen LogP contribution >= 0.6 is 11.8 Å². The number of hydrogen-bond acceptors (Lipinski definition) is 6. The molecule has 156 valence electrons. The van der Waals surface area contributed by atoms with E-state index in [0.29, 0.717) is 12.1 Å². The fraction of sp³-hybridized carbons (Fsp3) is 0.364. The lowest BCUT2D eigenvalue weighted by molar-refractivity contribution is -0.384. The Balaban J connectivity index is 1.52. The van der Waals surface area contributed by atoms with Gasteiger partial charge in [0.2, 0.25) is 5.91 Å². The van der Waals surface area contributed by atoms with E-state index in [1.807, 2.05) is 36.1 Å². The van der Waals surface area contributed by atoms with Gasteiger partial charge in [0.1, 0.15) is 0 Å². The number of amides is 1. The number of hydrogen-bond donors (Lipinski definition) is 0. The average Bonchev–Trinajstić information content (AvgIpc) is 2.99. The number of non-ortho nitro benzene ring substituents is 1. The van der Waals surface area contributed by atoms with Crippen molar-refractivity contribution in [3.05, 3.63) is 69.8 Å². The number of benzene rings is 2. The molecular weight excluding hydrogens is 400 g/mol. The third-order valence-corrected chi connectivity index (χ3v) is 6.20. The molecule has 0 bridgehead atoms. The van der Waals surface area contributed by atoms with Crippen molar-refractivity contribution in [2.75, 3.05) is 26.2 Å². The van der Waals surface area contributed by atoms with Gasteiger partial charge in [-0.05, 0) is 43.2 Å². The second-order valence-corrected chi connectivity index (χ2v) is 8.69. The van der Waals surface area contributed by atoms with Gasteiger partial charge in [-0.25, -0.2) is 0 Å². The minimum atomic E-state index is -0.427. The van der Waals surface area contributed by atoms with Gasteiger partial charge in [-0.3, -0.25) is 19.8 Å². The molecule has 0 N–H and O–H groups in total. The highest BCUT2D eigenvalue weighted by atomic mass is 32.2. The van der Waals surface area contributed by atoms with Crippen LogP contribution < -0.4 is 0 Å². The Kier molecular flexibility index (Phi) is 7.44. The summed E-state index contributed by atoms with van der Waals surface area (Å²) in [6.07, 6.45) is 0.914. The van der Waals surface area contributed by atoms with E-state index in [2.05, 4.69) is 11.0 Å². The lowest BCUT2D eigenvalue weighted by Gasteiger charge is -2.24. The standard InChI is InChI=1S/C22H24N4O3S/c1-17(30-21-9-7-20(8-10-21)26(28)29)22(27)25-12-2-11-24(13-14-25)16-19-5-3-18(15-23)4-6-19/h3-10,17H,2,11-14,16H2,1H3/t17-/m1/s1. The van der Waals surface area contributed by atoms with Crippen LogP contribution in [0.3, 0.4) is 0 Å². The van der Waals surface area contributed by atoms with Crippen LogP contribution in [0.1, 0.15) is 24.5 Å². The second-order valence-electron chi connectivity index (χ2n) is 7.27. The first-order chi connectivity index (χ1) is 14.5. The zero-order valence-electron chi connectivity index (χ0n) is 16.9. The number of carbonyl (C=O) groups excluding carboxylic acids is 1. The Morgan fingerprint density at radius 3 is 2.47 bits per heavy atom. The monoisotopic (exact) mass is 424 g/mol. The van der Waals surface area contributed by atoms with E-state index < -0.39 is 4.92 Å². The molecule has 0 aromatic heterocycles. The zero-order valence-corrected chi connectivity index (χ0v) is 17.7. The van der Waals surface area contributed by atoms with Crippen LogP contribution in [0.2, 0.25) is 0 Å². The number of thioether (sulfide) groups is 1. The largest absolute Gasteiger partial charge is 0.340 e. The second kappa shape index (κ2) is 10.2. The Labute approximate surface area is 180 Å². The molecule has 1 amide bonds. The van der Waals surface area contributed by atoms with E-state index in [-0.39, 0.29) is 16.8 Å². The molecule has 1 aliphatic heterocycles. The van der Waals surface area contributed by atoms with Crippen molar-refractivity contribution in [3.63, 3.8) is 0 Å². The van der Waals surface area contributed by atoms with E-state index in [1.165, 1.54) is 23.9 Å². The van der Waals surface area contributed by atoms with Gasteiger partial charge < -0.3 is 4.90 Å². The molecule has 2 aromatic rings. The van der Waals surface area contributed by atoms with Crippen molar-refractivity contribution < 1.29 is 9.72 Å². The molecule has 2 aromatic carbocycles. The Morgan fingerprint density at radius 2 is 1.83 bits per heavy atom. The molecule has 1 saturated heterocycles. The lowest BCUT2D eigenvalue weighted by atomic mass is 10.1. The number of carbonyl (C=O) groups is 1. The van der Waals surface area contributed by atoms with Gasteiger partial charge in [0.05, 0.1) is 21.8 Å². The Bertz CT molecular complexity index is 925. The topological polar surface area (TPSA) is 90.5 Å². The van der Waals surface area contributed by atoms with E-state index in [1.54, 1.807) is 12.1 Å². The SMILES string of the molecule is C[C@@H](Sc1ccc([N+](=O)[O-])cc1)C(=O)N1CCCN(Cc2ccc(C#N)cc2)CC1. The van der Waals surface area contributed by atoms with Crippen molar-refractivity contribution in [1.29, 1.82) is 5.26 Å². The number of nitro benzene ring substituents is 1. The van der Waals surface area contributed by atoms with Crippen LogP contribution in [0.15, 0.2) is 53.4 Å². The van der Waals surface area contributed by atoms with Gasteiger partial charge in [0, 0.05) is 49.8 Å². The summed E-state index contributed by atoms with van der Waals surface area (Å²) in [6.45, 7) is 5.83. The predicted molar refractivity (Wildman–Crippen MR) is 116 cm³/mol. The smallest absolute Gasteiger partial charge is 0.269 e. The van der Waals surface area contributed by atoms with Gasteiger partial charge in [-0.1, -0.05) is 12.1 Å². The third-order valence-electron chi connectivity index (χ3n) is 5.10. The third kappa shape index (κ3) is 5.81. The molecule has 0 radical (unpaired) electrons. The van der Waals surface area contributed by atoms with Crippen molar-refractivity contribution in [2.45, 2.75) is 30.0 Å². The highest BCUT2D eigenvalue weighted by molar-refractivity contribution is 8.00. The Hall–Kier alpha value is -2.89. The fourth-order valence-corrected chi connectivity index (χ4v) is 4.40. The zero-order chi connectivity index (χ0) is 21.5. The maximum Gasteiger partial charge on any atom is 0.269 e. The quantitative estimate of drug-likeness (QED) is 0.399. The first kappa shape index (κ1) is 21.8. The van der Waals surface area contributed by atoms with Crippen LogP contribution in [0, 0.1) is 21.4 Å². The fourth-order valence-electron chi connectivity index (χ4n) is 3.45. The molecule has 0 spiro atoms. The van der Waals surface area contributed by atoms with E-state index >= 15 is 0 Å². The molecule has 0 saturated carbocycles. The summed E-state index contributed by atoms with van der Waals surface area (Å²) in [5, 5.41) is 19.4. The summed E-state index contributed by atoms with van der Waals surface area (Å²) in [7, 11) is 0. The molecule has 1 heterocycles. The minimum Gasteiger partial charge on any atom is -0.340 e. The number of rotatable bonds is 6. The van der Waals surface area contributed by atoms with Crippen LogP contribution in [0.4, 0.5) is 5.69 Å². The summed E-state index contributed by atoms with van der Waals surface area (Å²) in [4.78, 5) is 28.4. The average molecular weight is 425 g/mol. The van der Waals surface area contributed by atoms with Gasteiger partial charge in [0.15, 0.2) is 0 Å². The Morgan fingerprint density at radius 1 is 1.13 bits per heavy atom. The summed E-state index contributed by atoms with van der Waals surface area (Å²) in [5.41, 5.74) is 1.87. The maximum absolute atomic E-state index is 12.9. The van der Waals surface area contributed by atoms with Crippen molar-refractivity contribution >= 4 is 23.4 Å². The van der Waals surface area contributed by atoms with Gasteiger partial charge >= 0.3 is 0 Å². The lowest BCUT2D eigenvalue weighted by Crippen LogP contribution is -2.39. The molecule has 1 atom stereocenters. The first-order valence-corrected chi connectivity index (χ1v) is 10.8. The van der Waals surface area contributed by atoms with E-state index in [4.69, 9.17) is 5.26 Å². The van der Waals surface area contributed by atoms with Crippen molar-refractivity contribution in [2.24, 2.45) is 0 Å². The van der Waals surface area contributed by atoms with Crippen molar-refractivity contribution in [1.82, 2.24) is 9.80 Å². The number of nitriles is 1. The molecule has 7 nitrogen and oxygen atoms in total. The summed E-state index contributed by atoms with van der Waals surface area (Å²) >= 11 is 1.43. The highest BCUT2D eigenvalue weighted by Crippen LogP contribution is 2.26. The number of nitro groups is 1. The summed E-state index contributed by atoms with van der Waals surface area (Å²) in [5.74, 6) is 0.0959. The molecule has 0 aliphatic carbocycles. The maximum atomic E-state index is 12.9. The van der Waals surface area contributed by atoms with Gasteiger partial charge in [-0.15, -0.1) is 11.8 Å². The molecule has 1 aliphatic rings. The summed E-state index contributed by atoms with van der Waals surface area (Å²) < 4.78 is 0. The van der Waals surface area contributed by atoms with Crippen LogP contribution in [0.25, 0.3) is 0 Å². The van der Waals surface area contributed by atoms with E-state index in [9.17, 15) is 14.9 Å². The van der Waals surface area contributed by atoms with Crippen LogP contribution in [-0.4, -0.2) is 52.1 Å². The highest BCUT2D eigenvalue weighted by Gasteiger charge is 2.24. The van der Waals surface area contributed by atoms with E-state index in [0.717, 1.165) is 43.1 Å². The molecule has 30 heavy (non-hydrogen) atoms. The molecular formula is C22H24N4O3S. The molecule has 3 rings (SSSR count). The molecule has 8 heteroatoms. The number of nitrogens with zero attached hydrogens (tertiary/aromatic N) is 4. The van der Waals surface area contributed by atoms with Crippen LogP contribution in [0.5, 0.6) is 0 Å². The molecule has 0 unspecified atom stereocenters. The molecule has 1 fully saturated rings. The predicted octanol–water partition coefficient (Wildman–Crippen LogP) is 3.68.